The number of hydrogen-bond donors (Lipinski definition) is 1. The van der Waals surface area contributed by atoms with Gasteiger partial charge >= 0.3 is 0 Å². The monoisotopic (exact) mass is 287 g/mol. The molecule has 0 aliphatic carbocycles. The second-order valence-corrected chi connectivity index (χ2v) is 5.32. The van der Waals surface area contributed by atoms with Crippen LogP contribution in [0.15, 0.2) is 41.0 Å². The van der Waals surface area contributed by atoms with E-state index in [1.807, 2.05) is 45.0 Å². The summed E-state index contributed by atoms with van der Waals surface area (Å²) in [5.74, 6) is 1.30. The lowest BCUT2D eigenvalue weighted by Gasteiger charge is -2.16. The highest BCUT2D eigenvalue weighted by molar-refractivity contribution is 5.95. The molecule has 0 fully saturated rings. The van der Waals surface area contributed by atoms with Crippen molar-refractivity contribution in [3.63, 3.8) is 0 Å². The van der Waals surface area contributed by atoms with Crippen LogP contribution in [0.1, 0.15) is 48.5 Å². The molecule has 1 aromatic carbocycles. The van der Waals surface area contributed by atoms with Crippen LogP contribution in [0.3, 0.4) is 0 Å². The molecule has 21 heavy (non-hydrogen) atoms. The summed E-state index contributed by atoms with van der Waals surface area (Å²) in [5, 5.41) is 2.97. The molecule has 1 N–H and O–H groups in total. The zero-order valence-electron chi connectivity index (χ0n) is 12.8. The van der Waals surface area contributed by atoms with Crippen LogP contribution in [0.25, 0.3) is 0 Å². The quantitative estimate of drug-likeness (QED) is 0.908. The van der Waals surface area contributed by atoms with Crippen molar-refractivity contribution in [3.8, 4) is 5.75 Å². The number of rotatable bonds is 5. The first-order chi connectivity index (χ1) is 9.97. The summed E-state index contributed by atoms with van der Waals surface area (Å²) in [4.78, 5) is 12.2. The highest BCUT2D eigenvalue weighted by Crippen LogP contribution is 2.21. The van der Waals surface area contributed by atoms with E-state index in [4.69, 9.17) is 9.15 Å². The topological polar surface area (TPSA) is 51.5 Å². The summed E-state index contributed by atoms with van der Waals surface area (Å²) in [5.41, 5.74) is 1.57. The smallest absolute Gasteiger partial charge is 0.255 e. The van der Waals surface area contributed by atoms with E-state index in [9.17, 15) is 4.79 Å². The van der Waals surface area contributed by atoms with Gasteiger partial charge < -0.3 is 14.5 Å². The summed E-state index contributed by atoms with van der Waals surface area (Å²) in [6.45, 7) is 7.69. The number of ether oxygens (including phenoxy) is 1. The van der Waals surface area contributed by atoms with Gasteiger partial charge in [-0.05, 0) is 51.5 Å². The van der Waals surface area contributed by atoms with Crippen molar-refractivity contribution in [2.45, 2.75) is 39.8 Å². The lowest BCUT2D eigenvalue weighted by molar-refractivity contribution is 0.0938. The molecule has 0 bridgehead atoms. The molecule has 112 valence electrons. The molecule has 4 nitrogen and oxygen atoms in total. The highest BCUT2D eigenvalue weighted by Gasteiger charge is 2.15. The third kappa shape index (κ3) is 3.88. The van der Waals surface area contributed by atoms with Gasteiger partial charge in [-0.15, -0.1) is 0 Å². The zero-order valence-corrected chi connectivity index (χ0v) is 12.8. The fourth-order valence-corrected chi connectivity index (χ4v) is 2.11. The van der Waals surface area contributed by atoms with E-state index in [2.05, 4.69) is 5.32 Å². The van der Waals surface area contributed by atoms with Gasteiger partial charge in [-0.2, -0.15) is 0 Å². The van der Waals surface area contributed by atoms with Gasteiger partial charge in [0.2, 0.25) is 0 Å². The van der Waals surface area contributed by atoms with Crippen LogP contribution in [0.4, 0.5) is 0 Å². The Morgan fingerprint density at radius 2 is 2.00 bits per heavy atom. The molecule has 0 spiro atoms. The van der Waals surface area contributed by atoms with Crippen molar-refractivity contribution in [2.24, 2.45) is 0 Å². The minimum Gasteiger partial charge on any atom is -0.491 e. The second-order valence-electron chi connectivity index (χ2n) is 5.32. The lowest BCUT2D eigenvalue weighted by Crippen LogP contribution is -2.26. The van der Waals surface area contributed by atoms with Crippen molar-refractivity contribution < 1.29 is 13.9 Å². The molecule has 0 saturated heterocycles. The number of benzene rings is 1. The summed E-state index contributed by atoms with van der Waals surface area (Å²) in [6, 6.07) is 9.34. The number of carbonyl (C=O) groups excluding carboxylic acids is 1. The van der Waals surface area contributed by atoms with E-state index in [1.54, 1.807) is 13.0 Å². The molecule has 0 saturated carbocycles. The van der Waals surface area contributed by atoms with Crippen LogP contribution < -0.4 is 10.1 Å². The fraction of sp³-hybridized carbons (Fsp3) is 0.353. The maximum atomic E-state index is 12.2. The van der Waals surface area contributed by atoms with E-state index in [1.165, 1.54) is 6.26 Å². The molecule has 0 aliphatic rings. The normalized spacial score (nSPS) is 12.2. The molecule has 1 heterocycles. The van der Waals surface area contributed by atoms with E-state index < -0.39 is 0 Å². The van der Waals surface area contributed by atoms with Gasteiger partial charge in [0, 0.05) is 0 Å². The van der Waals surface area contributed by atoms with Gasteiger partial charge in [0.05, 0.1) is 24.0 Å². The molecule has 2 rings (SSSR count). The minimum atomic E-state index is -0.135. The lowest BCUT2D eigenvalue weighted by atomic mass is 10.1. The van der Waals surface area contributed by atoms with Crippen LogP contribution in [-0.4, -0.2) is 12.0 Å². The SMILES string of the molecule is Cc1occc1C(=O)NC(C)c1cccc(OC(C)C)c1. The molecule has 0 radical (unpaired) electrons. The number of furan rings is 1. The van der Waals surface area contributed by atoms with E-state index in [-0.39, 0.29) is 18.1 Å². The van der Waals surface area contributed by atoms with Gasteiger partial charge in [-0.1, -0.05) is 12.1 Å². The Balaban J connectivity index is 2.08. The molecule has 1 aromatic heterocycles. The van der Waals surface area contributed by atoms with Crippen LogP contribution in [0, 0.1) is 6.92 Å². The Kier molecular flexibility index (Phi) is 4.68. The molecular formula is C17H21NO3. The first kappa shape index (κ1) is 15.2. The first-order valence-electron chi connectivity index (χ1n) is 7.09. The molecule has 1 atom stereocenters. The number of amides is 1. The van der Waals surface area contributed by atoms with Gasteiger partial charge in [0.15, 0.2) is 0 Å². The average Bonchev–Trinajstić information content (AvgIpc) is 2.84. The Labute approximate surface area is 125 Å². The fourth-order valence-electron chi connectivity index (χ4n) is 2.11. The number of carbonyl (C=O) groups is 1. The van der Waals surface area contributed by atoms with Crippen molar-refractivity contribution in [2.75, 3.05) is 0 Å². The van der Waals surface area contributed by atoms with E-state index in [0.29, 0.717) is 11.3 Å². The number of aryl methyl sites for hydroxylation is 1. The van der Waals surface area contributed by atoms with Gasteiger partial charge in [-0.25, -0.2) is 0 Å². The van der Waals surface area contributed by atoms with Gasteiger partial charge in [-0.3, -0.25) is 4.79 Å². The summed E-state index contributed by atoms with van der Waals surface area (Å²) >= 11 is 0. The molecule has 2 aromatic rings. The Hall–Kier alpha value is -2.23. The molecular weight excluding hydrogens is 266 g/mol. The molecule has 1 unspecified atom stereocenters. The van der Waals surface area contributed by atoms with Crippen molar-refractivity contribution in [1.82, 2.24) is 5.32 Å². The maximum Gasteiger partial charge on any atom is 0.255 e. The van der Waals surface area contributed by atoms with Crippen LogP contribution in [0.2, 0.25) is 0 Å². The predicted octanol–water partition coefficient (Wildman–Crippen LogP) is 3.87. The van der Waals surface area contributed by atoms with Crippen molar-refractivity contribution in [1.29, 1.82) is 0 Å². The molecule has 1 amide bonds. The summed E-state index contributed by atoms with van der Waals surface area (Å²) in [6.07, 6.45) is 1.64. The Morgan fingerprint density at radius 3 is 2.62 bits per heavy atom. The predicted molar refractivity (Wildman–Crippen MR) is 81.5 cm³/mol. The number of hydrogen-bond acceptors (Lipinski definition) is 3. The van der Waals surface area contributed by atoms with Crippen molar-refractivity contribution >= 4 is 5.91 Å². The largest absolute Gasteiger partial charge is 0.491 e. The highest BCUT2D eigenvalue weighted by atomic mass is 16.5. The molecule has 0 aliphatic heterocycles. The van der Waals surface area contributed by atoms with Crippen LogP contribution >= 0.6 is 0 Å². The minimum absolute atomic E-state index is 0.109. The van der Waals surface area contributed by atoms with Crippen molar-refractivity contribution in [3.05, 3.63) is 53.5 Å². The van der Waals surface area contributed by atoms with Gasteiger partial charge in [0.25, 0.3) is 5.91 Å². The number of nitrogens with one attached hydrogen (secondary N) is 1. The Morgan fingerprint density at radius 1 is 1.24 bits per heavy atom. The summed E-state index contributed by atoms with van der Waals surface area (Å²) in [7, 11) is 0. The molecule has 4 heteroatoms. The van der Waals surface area contributed by atoms with Gasteiger partial charge in [0.1, 0.15) is 11.5 Å². The Bertz CT molecular complexity index is 616. The zero-order chi connectivity index (χ0) is 15.4. The maximum absolute atomic E-state index is 12.2. The first-order valence-corrected chi connectivity index (χ1v) is 7.09. The standard InChI is InChI=1S/C17H21NO3/c1-11(2)21-15-7-5-6-14(10-15)12(3)18-17(19)16-8-9-20-13(16)4/h5-12H,1-4H3,(H,18,19). The second kappa shape index (κ2) is 6.48. The summed E-state index contributed by atoms with van der Waals surface area (Å²) < 4.78 is 10.8. The third-order valence-electron chi connectivity index (χ3n) is 3.18. The average molecular weight is 287 g/mol. The van der Waals surface area contributed by atoms with E-state index in [0.717, 1.165) is 11.3 Å². The van der Waals surface area contributed by atoms with E-state index >= 15 is 0 Å². The van der Waals surface area contributed by atoms with Crippen LogP contribution in [0.5, 0.6) is 5.75 Å². The van der Waals surface area contributed by atoms with Crippen LogP contribution in [-0.2, 0) is 0 Å². The third-order valence-corrected chi connectivity index (χ3v) is 3.18.